The van der Waals surface area contributed by atoms with Gasteiger partial charge in [-0.05, 0) is 6.92 Å². The summed E-state index contributed by atoms with van der Waals surface area (Å²) >= 11 is 1.60. The van der Waals surface area contributed by atoms with E-state index in [1.165, 1.54) is 0 Å². The number of aromatic nitrogens is 1. The molecule has 1 unspecified atom stereocenters. The van der Waals surface area contributed by atoms with Crippen LogP contribution in [0.5, 0.6) is 0 Å². The fourth-order valence-corrected chi connectivity index (χ4v) is 1.20. The molecule has 0 saturated carbocycles. The molecule has 0 radical (unpaired) electrons. The van der Waals surface area contributed by atoms with Crippen LogP contribution >= 0.6 is 11.3 Å². The quantitative estimate of drug-likeness (QED) is 0.684. The lowest BCUT2D eigenvalue weighted by molar-refractivity contribution is 0.640. The Hall–Kier alpha value is -0.850. The fourth-order valence-electron chi connectivity index (χ4n) is 0.641. The Labute approximate surface area is 70.7 Å². The van der Waals surface area contributed by atoms with E-state index in [1.54, 1.807) is 11.3 Å². The molecule has 3 heteroatoms. The highest BCUT2D eigenvalue weighted by Gasteiger charge is 1.96. The minimum atomic E-state index is 0.122. The van der Waals surface area contributed by atoms with E-state index in [9.17, 15) is 0 Å². The van der Waals surface area contributed by atoms with Crippen LogP contribution in [-0.4, -0.2) is 11.0 Å². The van der Waals surface area contributed by atoms with Crippen LogP contribution in [0.2, 0.25) is 0 Å². The number of terminal acetylenes is 1. The van der Waals surface area contributed by atoms with Crippen LogP contribution in [0.3, 0.4) is 0 Å². The van der Waals surface area contributed by atoms with Gasteiger partial charge in [-0.1, -0.05) is 5.92 Å². The minimum absolute atomic E-state index is 0.122. The summed E-state index contributed by atoms with van der Waals surface area (Å²) in [6, 6.07) is 0.122. The molecule has 1 aromatic rings. The van der Waals surface area contributed by atoms with Gasteiger partial charge in [0, 0.05) is 11.9 Å². The van der Waals surface area contributed by atoms with E-state index in [4.69, 9.17) is 6.42 Å². The zero-order valence-electron chi connectivity index (χ0n) is 6.37. The van der Waals surface area contributed by atoms with Gasteiger partial charge in [0.15, 0.2) is 0 Å². The van der Waals surface area contributed by atoms with Gasteiger partial charge in [-0.25, -0.2) is 4.98 Å². The molecule has 1 rings (SSSR count). The molecule has 0 fully saturated rings. The van der Waals surface area contributed by atoms with E-state index < -0.39 is 0 Å². The first kappa shape index (κ1) is 8.25. The highest BCUT2D eigenvalue weighted by Crippen LogP contribution is 1.99. The van der Waals surface area contributed by atoms with Gasteiger partial charge >= 0.3 is 0 Å². The van der Waals surface area contributed by atoms with Crippen molar-refractivity contribution in [1.82, 2.24) is 10.3 Å². The molecule has 1 N–H and O–H groups in total. The molecule has 1 heterocycles. The van der Waals surface area contributed by atoms with Crippen molar-refractivity contribution in [1.29, 1.82) is 0 Å². The van der Waals surface area contributed by atoms with E-state index in [0.29, 0.717) is 0 Å². The maximum Gasteiger partial charge on any atom is 0.0795 e. The standard InChI is InChI=1S/C8H10N2S/c1-3-7(2)9-4-8-5-11-6-10-8/h1,5-7,9H,4H2,2H3. The maximum absolute atomic E-state index is 5.18. The number of nitrogens with zero attached hydrogens (tertiary/aromatic N) is 1. The van der Waals surface area contributed by atoms with Gasteiger partial charge in [-0.3, -0.25) is 5.32 Å². The highest BCUT2D eigenvalue weighted by atomic mass is 32.1. The summed E-state index contributed by atoms with van der Waals surface area (Å²) in [5.41, 5.74) is 2.87. The molecule has 0 spiro atoms. The fraction of sp³-hybridized carbons (Fsp3) is 0.375. The molecule has 58 valence electrons. The van der Waals surface area contributed by atoms with Crippen LogP contribution in [0.1, 0.15) is 12.6 Å². The molecule has 1 aromatic heterocycles. The molecule has 1 atom stereocenters. The molecule has 0 saturated heterocycles. The van der Waals surface area contributed by atoms with Crippen molar-refractivity contribution >= 4 is 11.3 Å². The largest absolute Gasteiger partial charge is 0.298 e. The summed E-state index contributed by atoms with van der Waals surface area (Å²) in [5, 5.41) is 5.15. The Morgan fingerprint density at radius 3 is 3.27 bits per heavy atom. The Morgan fingerprint density at radius 2 is 2.73 bits per heavy atom. The van der Waals surface area contributed by atoms with Crippen molar-refractivity contribution in [2.75, 3.05) is 0 Å². The summed E-state index contributed by atoms with van der Waals surface area (Å²) in [4.78, 5) is 4.11. The van der Waals surface area contributed by atoms with Crippen LogP contribution in [0, 0.1) is 12.3 Å². The molecule has 0 bridgehead atoms. The summed E-state index contributed by atoms with van der Waals surface area (Å²) in [5.74, 6) is 2.59. The molecule has 0 aromatic carbocycles. The maximum atomic E-state index is 5.18. The molecule has 0 aliphatic heterocycles. The summed E-state index contributed by atoms with van der Waals surface area (Å²) < 4.78 is 0. The third kappa shape index (κ3) is 2.71. The van der Waals surface area contributed by atoms with Gasteiger partial charge in [0.2, 0.25) is 0 Å². The lowest BCUT2D eigenvalue weighted by atomic mass is 10.3. The predicted molar refractivity (Wildman–Crippen MR) is 47.2 cm³/mol. The normalized spacial score (nSPS) is 12.4. The first-order valence-electron chi connectivity index (χ1n) is 3.39. The van der Waals surface area contributed by atoms with Gasteiger partial charge < -0.3 is 0 Å². The van der Waals surface area contributed by atoms with Crippen LogP contribution in [0.15, 0.2) is 10.9 Å². The SMILES string of the molecule is C#CC(C)NCc1cscn1. The van der Waals surface area contributed by atoms with Gasteiger partial charge in [0.05, 0.1) is 17.2 Å². The van der Waals surface area contributed by atoms with Crippen molar-refractivity contribution in [3.63, 3.8) is 0 Å². The van der Waals surface area contributed by atoms with E-state index in [2.05, 4.69) is 16.2 Å². The van der Waals surface area contributed by atoms with Crippen molar-refractivity contribution in [3.8, 4) is 12.3 Å². The van der Waals surface area contributed by atoms with Gasteiger partial charge in [0.25, 0.3) is 0 Å². The second-order valence-corrected chi connectivity index (χ2v) is 2.97. The van der Waals surface area contributed by atoms with Gasteiger partial charge in [0.1, 0.15) is 0 Å². The lowest BCUT2D eigenvalue weighted by Crippen LogP contribution is -2.23. The van der Waals surface area contributed by atoms with E-state index in [0.717, 1.165) is 12.2 Å². The number of thiazole rings is 1. The topological polar surface area (TPSA) is 24.9 Å². The third-order valence-corrected chi connectivity index (χ3v) is 1.96. The average molecular weight is 166 g/mol. The molecule has 2 nitrogen and oxygen atoms in total. The molecule has 0 aliphatic carbocycles. The Balaban J connectivity index is 2.30. The second-order valence-electron chi connectivity index (χ2n) is 2.25. The molecular formula is C8H10N2S. The predicted octanol–water partition coefficient (Wildman–Crippen LogP) is 1.25. The van der Waals surface area contributed by atoms with Gasteiger partial charge in [-0.15, -0.1) is 17.8 Å². The zero-order chi connectivity index (χ0) is 8.10. The third-order valence-electron chi connectivity index (χ3n) is 1.32. The average Bonchev–Trinajstić information content (AvgIpc) is 2.52. The highest BCUT2D eigenvalue weighted by molar-refractivity contribution is 7.07. The first-order valence-corrected chi connectivity index (χ1v) is 4.34. The Bertz CT molecular complexity index is 235. The van der Waals surface area contributed by atoms with Crippen molar-refractivity contribution in [2.45, 2.75) is 19.5 Å². The van der Waals surface area contributed by atoms with Crippen molar-refractivity contribution in [2.24, 2.45) is 0 Å². The number of hydrogen-bond acceptors (Lipinski definition) is 3. The molecule has 0 amide bonds. The van der Waals surface area contributed by atoms with E-state index >= 15 is 0 Å². The van der Waals surface area contributed by atoms with E-state index in [1.807, 2.05) is 17.8 Å². The molecule has 0 aliphatic rings. The lowest BCUT2D eigenvalue weighted by Gasteiger charge is -2.03. The van der Waals surface area contributed by atoms with Crippen molar-refractivity contribution < 1.29 is 0 Å². The molecular weight excluding hydrogens is 156 g/mol. The number of hydrogen-bond donors (Lipinski definition) is 1. The Morgan fingerprint density at radius 1 is 1.91 bits per heavy atom. The number of rotatable bonds is 3. The van der Waals surface area contributed by atoms with Crippen LogP contribution in [0.25, 0.3) is 0 Å². The van der Waals surface area contributed by atoms with E-state index in [-0.39, 0.29) is 6.04 Å². The Kier molecular flexibility index (Phi) is 3.09. The minimum Gasteiger partial charge on any atom is -0.298 e. The summed E-state index contributed by atoms with van der Waals surface area (Å²) in [6.45, 7) is 2.71. The van der Waals surface area contributed by atoms with Crippen LogP contribution in [0.4, 0.5) is 0 Å². The monoisotopic (exact) mass is 166 g/mol. The van der Waals surface area contributed by atoms with Gasteiger partial charge in [-0.2, -0.15) is 0 Å². The van der Waals surface area contributed by atoms with Crippen LogP contribution in [-0.2, 0) is 6.54 Å². The van der Waals surface area contributed by atoms with Crippen LogP contribution < -0.4 is 5.32 Å². The summed E-state index contributed by atoms with van der Waals surface area (Å²) in [6.07, 6.45) is 5.18. The second kappa shape index (κ2) is 4.12. The smallest absolute Gasteiger partial charge is 0.0795 e. The first-order chi connectivity index (χ1) is 5.33. The number of nitrogens with one attached hydrogen (secondary N) is 1. The molecule has 11 heavy (non-hydrogen) atoms. The zero-order valence-corrected chi connectivity index (χ0v) is 7.19. The van der Waals surface area contributed by atoms with Crippen molar-refractivity contribution in [3.05, 3.63) is 16.6 Å². The summed E-state index contributed by atoms with van der Waals surface area (Å²) in [7, 11) is 0.